The molecule has 0 aromatic heterocycles. The van der Waals surface area contributed by atoms with Crippen molar-refractivity contribution >= 4 is 11.9 Å². The van der Waals surface area contributed by atoms with Gasteiger partial charge in [0.1, 0.15) is 31.0 Å². The van der Waals surface area contributed by atoms with Crippen molar-refractivity contribution in [2.24, 2.45) is 0 Å². The highest BCUT2D eigenvalue weighted by molar-refractivity contribution is 5.70. The molecule has 0 aromatic carbocycles. The topological polar surface area (TPSA) is 152 Å². The molecule has 4 N–H and O–H groups in total. The van der Waals surface area contributed by atoms with E-state index in [4.69, 9.17) is 18.9 Å². The SMILES string of the molecule is CCC/C=C/C/C=C/C/C=C/C/C=C/CCCCCC(=O)OC[C@@H](CO[C@H]1O[C@@H](CO)[C@@H](O)C(O)C1O)OC(=O)CCCCCCCCCCCCCCCCCCC. The van der Waals surface area contributed by atoms with Gasteiger partial charge in [-0.05, 0) is 51.4 Å². The van der Waals surface area contributed by atoms with Crippen molar-refractivity contribution in [3.05, 3.63) is 48.6 Å². The van der Waals surface area contributed by atoms with E-state index in [0.717, 1.165) is 64.2 Å². The van der Waals surface area contributed by atoms with Crippen LogP contribution in [0.2, 0.25) is 0 Å². The molecular weight excluding hydrogens is 749 g/mol. The van der Waals surface area contributed by atoms with Gasteiger partial charge in [-0.1, -0.05) is 178 Å². The van der Waals surface area contributed by atoms with Crippen LogP contribution in [0.15, 0.2) is 48.6 Å². The predicted octanol–water partition coefficient (Wildman–Crippen LogP) is 10.4. The second kappa shape index (κ2) is 39.8. The van der Waals surface area contributed by atoms with E-state index in [9.17, 15) is 30.0 Å². The Labute approximate surface area is 358 Å². The Balaban J connectivity index is 2.33. The first-order chi connectivity index (χ1) is 28.8. The van der Waals surface area contributed by atoms with E-state index >= 15 is 0 Å². The van der Waals surface area contributed by atoms with E-state index in [1.807, 2.05) is 0 Å². The van der Waals surface area contributed by atoms with Gasteiger partial charge in [-0.2, -0.15) is 0 Å². The Morgan fingerprint density at radius 3 is 1.49 bits per heavy atom. The van der Waals surface area contributed by atoms with Crippen molar-refractivity contribution in [3.8, 4) is 0 Å². The summed E-state index contributed by atoms with van der Waals surface area (Å²) < 4.78 is 22.2. The molecule has 1 fully saturated rings. The number of unbranched alkanes of at least 4 members (excludes halogenated alkanes) is 20. The minimum atomic E-state index is -1.60. The van der Waals surface area contributed by atoms with Gasteiger partial charge in [0.25, 0.3) is 0 Å². The normalized spacial score (nSPS) is 20.4. The van der Waals surface area contributed by atoms with E-state index in [1.165, 1.54) is 89.9 Å². The van der Waals surface area contributed by atoms with Gasteiger partial charge in [0.2, 0.25) is 0 Å². The molecule has 1 rings (SSSR count). The maximum Gasteiger partial charge on any atom is 0.306 e. The van der Waals surface area contributed by atoms with Crippen LogP contribution in [0.4, 0.5) is 0 Å². The average molecular weight is 835 g/mol. The fourth-order valence-electron chi connectivity index (χ4n) is 6.94. The van der Waals surface area contributed by atoms with Gasteiger partial charge < -0.3 is 39.4 Å². The molecule has 342 valence electrons. The van der Waals surface area contributed by atoms with Crippen LogP contribution in [0.3, 0.4) is 0 Å². The Bertz CT molecular complexity index is 1100. The fraction of sp³-hybridized carbons (Fsp3) is 0.796. The summed E-state index contributed by atoms with van der Waals surface area (Å²) in [6, 6.07) is 0. The van der Waals surface area contributed by atoms with Gasteiger partial charge in [-0.15, -0.1) is 0 Å². The van der Waals surface area contributed by atoms with Crippen LogP contribution in [-0.4, -0.2) is 89.0 Å². The first-order valence-corrected chi connectivity index (χ1v) is 23.7. The molecule has 10 heteroatoms. The molecule has 1 heterocycles. The predicted molar refractivity (Wildman–Crippen MR) is 238 cm³/mol. The third kappa shape index (κ3) is 31.2. The van der Waals surface area contributed by atoms with Crippen LogP contribution in [-0.2, 0) is 28.5 Å². The lowest BCUT2D eigenvalue weighted by atomic mass is 9.99. The maximum absolute atomic E-state index is 12.8. The molecule has 59 heavy (non-hydrogen) atoms. The van der Waals surface area contributed by atoms with Crippen LogP contribution in [0.25, 0.3) is 0 Å². The Morgan fingerprint density at radius 2 is 0.983 bits per heavy atom. The number of hydrogen-bond donors (Lipinski definition) is 4. The minimum absolute atomic E-state index is 0.225. The monoisotopic (exact) mass is 835 g/mol. The third-order valence-electron chi connectivity index (χ3n) is 10.7. The number of carbonyl (C=O) groups is 2. The highest BCUT2D eigenvalue weighted by Crippen LogP contribution is 2.23. The molecule has 6 atom stereocenters. The van der Waals surface area contributed by atoms with Gasteiger partial charge >= 0.3 is 11.9 Å². The van der Waals surface area contributed by atoms with Crippen molar-refractivity contribution in [3.63, 3.8) is 0 Å². The molecule has 1 aliphatic rings. The average Bonchev–Trinajstić information content (AvgIpc) is 3.23. The maximum atomic E-state index is 12.8. The zero-order valence-corrected chi connectivity index (χ0v) is 37.2. The van der Waals surface area contributed by atoms with E-state index in [0.29, 0.717) is 12.8 Å². The molecule has 0 bridgehead atoms. The van der Waals surface area contributed by atoms with Crippen molar-refractivity contribution < 1.29 is 49.0 Å². The van der Waals surface area contributed by atoms with Gasteiger partial charge in [-0.25, -0.2) is 0 Å². The Kier molecular flexibility index (Phi) is 36.9. The highest BCUT2D eigenvalue weighted by Gasteiger charge is 2.44. The number of aliphatic hydroxyl groups excluding tert-OH is 4. The van der Waals surface area contributed by atoms with E-state index in [1.54, 1.807) is 0 Å². The molecule has 0 amide bonds. The fourth-order valence-corrected chi connectivity index (χ4v) is 6.94. The summed E-state index contributed by atoms with van der Waals surface area (Å²) in [5.74, 6) is -0.839. The van der Waals surface area contributed by atoms with Crippen molar-refractivity contribution in [1.82, 2.24) is 0 Å². The van der Waals surface area contributed by atoms with E-state index < -0.39 is 55.4 Å². The van der Waals surface area contributed by atoms with Crippen LogP contribution in [0.1, 0.15) is 194 Å². The molecule has 0 saturated carbocycles. The molecule has 2 unspecified atom stereocenters. The number of ether oxygens (including phenoxy) is 4. The first kappa shape index (κ1) is 54.7. The zero-order chi connectivity index (χ0) is 43.0. The molecule has 10 nitrogen and oxygen atoms in total. The molecule has 0 aliphatic carbocycles. The summed E-state index contributed by atoms with van der Waals surface area (Å²) >= 11 is 0. The summed E-state index contributed by atoms with van der Waals surface area (Å²) in [6.07, 6.45) is 39.7. The number of aliphatic hydroxyl groups is 4. The molecule has 0 radical (unpaired) electrons. The summed E-state index contributed by atoms with van der Waals surface area (Å²) in [5, 5.41) is 40.1. The standard InChI is InChI=1S/C49H86O10/c1-3-5-7-9-11-13-15-17-19-21-23-25-27-29-31-33-35-37-44(51)56-40-42(41-57-49-48(55)47(54)46(53)43(39-50)59-49)58-45(52)38-36-34-32-30-28-26-24-22-20-18-16-14-12-10-8-6-4-2/h7,9,13,15,19,21,25,27,42-43,46-50,53-55H,3-6,8,10-12,14,16-18,20,22-24,26,28-41H2,1-2H3/b9-7+,15-13+,21-19+,27-25+/t42-,43-,46+,47?,48?,49-/m0/s1. The molecule has 1 saturated heterocycles. The van der Waals surface area contributed by atoms with Gasteiger partial charge in [0, 0.05) is 12.8 Å². The van der Waals surface area contributed by atoms with Gasteiger partial charge in [0.15, 0.2) is 12.4 Å². The van der Waals surface area contributed by atoms with Crippen molar-refractivity contribution in [1.29, 1.82) is 0 Å². The summed E-state index contributed by atoms with van der Waals surface area (Å²) in [7, 11) is 0. The quantitative estimate of drug-likeness (QED) is 0.0267. The molecule has 0 spiro atoms. The van der Waals surface area contributed by atoms with Crippen molar-refractivity contribution in [2.45, 2.75) is 230 Å². The van der Waals surface area contributed by atoms with Gasteiger partial charge in [0.05, 0.1) is 13.2 Å². The Morgan fingerprint density at radius 1 is 0.525 bits per heavy atom. The molecule has 1 aliphatic heterocycles. The first-order valence-electron chi connectivity index (χ1n) is 23.7. The second-order valence-corrected chi connectivity index (χ2v) is 16.2. The Hall–Kier alpha value is -2.34. The van der Waals surface area contributed by atoms with Crippen molar-refractivity contribution in [2.75, 3.05) is 19.8 Å². The smallest absolute Gasteiger partial charge is 0.306 e. The summed E-state index contributed by atoms with van der Waals surface area (Å²) in [5.41, 5.74) is 0. The van der Waals surface area contributed by atoms with E-state index in [2.05, 4.69) is 62.5 Å². The lowest BCUT2D eigenvalue weighted by molar-refractivity contribution is -0.305. The third-order valence-corrected chi connectivity index (χ3v) is 10.7. The van der Waals surface area contributed by atoms with Crippen LogP contribution >= 0.6 is 0 Å². The van der Waals surface area contributed by atoms with E-state index in [-0.39, 0.29) is 26.1 Å². The number of esters is 2. The zero-order valence-electron chi connectivity index (χ0n) is 37.2. The van der Waals surface area contributed by atoms with Crippen LogP contribution < -0.4 is 0 Å². The highest BCUT2D eigenvalue weighted by atomic mass is 16.7. The number of hydrogen-bond acceptors (Lipinski definition) is 10. The number of carbonyl (C=O) groups excluding carboxylic acids is 2. The molecular formula is C49H86O10. The van der Waals surface area contributed by atoms with Crippen LogP contribution in [0, 0.1) is 0 Å². The summed E-state index contributed by atoms with van der Waals surface area (Å²) in [6.45, 7) is 3.34. The van der Waals surface area contributed by atoms with Crippen LogP contribution in [0.5, 0.6) is 0 Å². The lowest BCUT2D eigenvalue weighted by Crippen LogP contribution is -2.59. The summed E-state index contributed by atoms with van der Waals surface area (Å²) in [4.78, 5) is 25.4. The largest absolute Gasteiger partial charge is 0.462 e. The minimum Gasteiger partial charge on any atom is -0.462 e. The second-order valence-electron chi connectivity index (χ2n) is 16.2. The molecule has 0 aromatic rings. The number of allylic oxidation sites excluding steroid dienone is 8. The number of rotatable bonds is 39. The lowest BCUT2D eigenvalue weighted by Gasteiger charge is -2.39. The van der Waals surface area contributed by atoms with Gasteiger partial charge in [-0.3, -0.25) is 9.59 Å².